The molecule has 0 aliphatic carbocycles. The number of rotatable bonds is 4. The van der Waals surface area contributed by atoms with Crippen LogP contribution in [0.3, 0.4) is 0 Å². The van der Waals surface area contributed by atoms with Crippen molar-refractivity contribution >= 4 is 62.6 Å². The van der Waals surface area contributed by atoms with Gasteiger partial charge in [-0.15, -0.1) is 0 Å². The second-order valence-corrected chi connectivity index (χ2v) is 9.70. The fourth-order valence-electron chi connectivity index (χ4n) is 4.23. The molecule has 34 heavy (non-hydrogen) atoms. The molecule has 1 aliphatic heterocycles. The van der Waals surface area contributed by atoms with Gasteiger partial charge in [0.05, 0.1) is 12.8 Å². The summed E-state index contributed by atoms with van der Waals surface area (Å²) in [6.07, 6.45) is 1.80. The molecule has 2 heterocycles. The summed E-state index contributed by atoms with van der Waals surface area (Å²) < 4.78 is 7.83. The van der Waals surface area contributed by atoms with Gasteiger partial charge in [-0.1, -0.05) is 39.1 Å². The maximum atomic E-state index is 13.4. The topological polar surface area (TPSA) is 51.5 Å². The van der Waals surface area contributed by atoms with Crippen LogP contribution in [0, 0.1) is 13.8 Å². The number of ether oxygens (including phenoxy) is 1. The molecule has 0 unspecified atom stereocenters. The maximum Gasteiger partial charge on any atom is 0.343 e. The summed E-state index contributed by atoms with van der Waals surface area (Å²) in [6.45, 7) is 5.67. The van der Waals surface area contributed by atoms with Gasteiger partial charge in [-0.3, -0.25) is 4.79 Å². The van der Waals surface area contributed by atoms with Gasteiger partial charge in [0.2, 0.25) is 5.78 Å². The number of aryl methyl sites for hydroxylation is 1. The van der Waals surface area contributed by atoms with E-state index in [-0.39, 0.29) is 11.4 Å². The van der Waals surface area contributed by atoms with E-state index in [2.05, 4.69) is 15.9 Å². The number of halogens is 3. The van der Waals surface area contributed by atoms with Gasteiger partial charge in [0.1, 0.15) is 5.57 Å². The largest absolute Gasteiger partial charge is 0.465 e. The first-order chi connectivity index (χ1) is 16.1. The maximum absolute atomic E-state index is 13.4. The van der Waals surface area contributed by atoms with Crippen molar-refractivity contribution < 1.29 is 14.3 Å². The molecule has 0 fully saturated rings. The van der Waals surface area contributed by atoms with Crippen LogP contribution in [0.1, 0.15) is 23.9 Å². The van der Waals surface area contributed by atoms with Crippen LogP contribution in [0.2, 0.25) is 10.0 Å². The van der Waals surface area contributed by atoms with Crippen LogP contribution >= 0.6 is 39.1 Å². The van der Waals surface area contributed by atoms with E-state index >= 15 is 0 Å². The monoisotopic (exact) mass is 558 g/mol. The minimum Gasteiger partial charge on any atom is -0.465 e. The normalized spacial score (nSPS) is 15.0. The summed E-state index contributed by atoms with van der Waals surface area (Å²) in [7, 11) is 1.27. The lowest BCUT2D eigenvalue weighted by molar-refractivity contribution is -0.137. The van der Waals surface area contributed by atoms with Gasteiger partial charge in [-0.2, -0.15) is 0 Å². The molecule has 1 aliphatic rings. The lowest BCUT2D eigenvalue weighted by Gasteiger charge is -2.21. The molecule has 0 atom stereocenters. The number of allylic oxidation sites excluding steroid dienone is 2. The van der Waals surface area contributed by atoms with Crippen LogP contribution in [-0.4, -0.2) is 23.4 Å². The number of carbonyl (C=O) groups excluding carboxylic acids is 2. The molecule has 0 amide bonds. The molecular formula is C26H21BrCl2N2O3. The Labute approximate surface area is 216 Å². The second kappa shape index (κ2) is 9.45. The zero-order valence-electron chi connectivity index (χ0n) is 18.9. The Bertz CT molecular complexity index is 1370. The SMILES string of the molecule is COC(=O)C1=C(C)N(c2ccc(Br)cc2)/C(=C/c2cc(C)n(-c3cc(Cl)cc(Cl)c3)c2C)C1=O. The van der Waals surface area contributed by atoms with Crippen molar-refractivity contribution in [2.24, 2.45) is 0 Å². The molecule has 5 nitrogen and oxygen atoms in total. The molecule has 8 heteroatoms. The van der Waals surface area contributed by atoms with E-state index in [0.717, 1.165) is 32.8 Å². The number of aromatic nitrogens is 1. The Hall–Kier alpha value is -2.80. The smallest absolute Gasteiger partial charge is 0.343 e. The molecule has 0 bridgehead atoms. The highest BCUT2D eigenvalue weighted by Crippen LogP contribution is 2.37. The van der Waals surface area contributed by atoms with E-state index in [1.807, 2.05) is 60.9 Å². The summed E-state index contributed by atoms with van der Waals surface area (Å²) in [5, 5.41) is 1.06. The Kier molecular flexibility index (Phi) is 6.76. The predicted molar refractivity (Wildman–Crippen MR) is 140 cm³/mol. The van der Waals surface area contributed by atoms with Gasteiger partial charge >= 0.3 is 5.97 Å². The highest BCUT2D eigenvalue weighted by atomic mass is 79.9. The quantitative estimate of drug-likeness (QED) is 0.195. The van der Waals surface area contributed by atoms with Crippen LogP contribution in [0.25, 0.3) is 11.8 Å². The number of Topliss-reactive ketones (excluding diaryl/α,β-unsaturated/α-hetero) is 1. The van der Waals surface area contributed by atoms with Crippen molar-refractivity contribution in [1.82, 2.24) is 4.57 Å². The predicted octanol–water partition coefficient (Wildman–Crippen LogP) is 7.04. The fraction of sp³-hybridized carbons (Fsp3) is 0.154. The lowest BCUT2D eigenvalue weighted by Crippen LogP contribution is -2.18. The summed E-state index contributed by atoms with van der Waals surface area (Å²) in [5.41, 5.74) is 5.16. The van der Waals surface area contributed by atoms with Crippen LogP contribution in [0.15, 0.2) is 70.0 Å². The van der Waals surface area contributed by atoms with Gasteiger partial charge in [-0.25, -0.2) is 4.79 Å². The molecular weight excluding hydrogens is 539 g/mol. The second-order valence-electron chi connectivity index (χ2n) is 7.91. The van der Waals surface area contributed by atoms with Gasteiger partial charge in [-0.05, 0) is 80.9 Å². The van der Waals surface area contributed by atoms with Crippen molar-refractivity contribution in [3.8, 4) is 5.69 Å². The van der Waals surface area contributed by atoms with Crippen LogP contribution in [-0.2, 0) is 14.3 Å². The first-order valence-corrected chi connectivity index (χ1v) is 11.9. The number of methoxy groups -OCH3 is 1. The van der Waals surface area contributed by atoms with Crippen molar-refractivity contribution in [1.29, 1.82) is 0 Å². The molecule has 0 spiro atoms. The number of hydrogen-bond donors (Lipinski definition) is 0. The van der Waals surface area contributed by atoms with Crippen LogP contribution < -0.4 is 4.90 Å². The molecule has 4 rings (SSSR count). The molecule has 1 aromatic heterocycles. The third-order valence-corrected chi connectivity index (χ3v) is 6.71. The average molecular weight is 560 g/mol. The minimum atomic E-state index is -0.660. The van der Waals surface area contributed by atoms with E-state index in [0.29, 0.717) is 21.4 Å². The van der Waals surface area contributed by atoms with Gasteiger partial charge in [0.25, 0.3) is 0 Å². The van der Waals surface area contributed by atoms with Crippen molar-refractivity contribution in [2.45, 2.75) is 20.8 Å². The van der Waals surface area contributed by atoms with Crippen LogP contribution in [0.5, 0.6) is 0 Å². The number of benzene rings is 2. The summed E-state index contributed by atoms with van der Waals surface area (Å²) in [6, 6.07) is 14.9. The van der Waals surface area contributed by atoms with E-state index in [1.54, 1.807) is 24.0 Å². The van der Waals surface area contributed by atoms with Gasteiger partial charge in [0, 0.05) is 43.0 Å². The number of carbonyl (C=O) groups is 2. The van der Waals surface area contributed by atoms with Crippen molar-refractivity contribution in [3.63, 3.8) is 0 Å². The molecule has 0 radical (unpaired) electrons. The summed E-state index contributed by atoms with van der Waals surface area (Å²) in [4.78, 5) is 27.6. The van der Waals surface area contributed by atoms with Crippen molar-refractivity contribution in [3.05, 3.63) is 97.0 Å². The Morgan fingerprint density at radius 3 is 2.18 bits per heavy atom. The summed E-state index contributed by atoms with van der Waals surface area (Å²) in [5.74, 6) is -1.05. The highest BCUT2D eigenvalue weighted by Gasteiger charge is 2.38. The average Bonchev–Trinajstić information content (AvgIpc) is 3.19. The summed E-state index contributed by atoms with van der Waals surface area (Å²) >= 11 is 15.9. The van der Waals surface area contributed by atoms with E-state index in [1.165, 1.54) is 7.11 Å². The highest BCUT2D eigenvalue weighted by molar-refractivity contribution is 9.10. The van der Waals surface area contributed by atoms with E-state index < -0.39 is 5.97 Å². The third-order valence-electron chi connectivity index (χ3n) is 5.74. The Morgan fingerprint density at radius 2 is 1.59 bits per heavy atom. The van der Waals surface area contributed by atoms with Crippen molar-refractivity contribution in [2.75, 3.05) is 12.0 Å². The standard InChI is InChI=1S/C26H21BrCl2N2O3/c1-14-9-17(15(2)30(14)22-12-19(28)11-20(29)13-22)10-23-25(32)24(26(33)34-4)16(3)31(23)21-7-5-18(27)6-8-21/h5-13H,1-4H3/b23-10+. The Morgan fingerprint density at radius 1 is 0.971 bits per heavy atom. The minimum absolute atomic E-state index is 0.0205. The molecule has 174 valence electrons. The van der Waals surface area contributed by atoms with E-state index in [4.69, 9.17) is 27.9 Å². The molecule has 0 saturated heterocycles. The Balaban J connectivity index is 1.88. The molecule has 2 aromatic carbocycles. The fourth-order valence-corrected chi connectivity index (χ4v) is 5.01. The molecule has 3 aromatic rings. The number of nitrogens with zero attached hydrogens (tertiary/aromatic N) is 2. The lowest BCUT2D eigenvalue weighted by atomic mass is 10.1. The van der Waals surface area contributed by atoms with Gasteiger partial charge < -0.3 is 14.2 Å². The van der Waals surface area contributed by atoms with Crippen LogP contribution in [0.4, 0.5) is 5.69 Å². The number of esters is 1. The zero-order chi connectivity index (χ0) is 24.7. The first kappa shape index (κ1) is 24.3. The zero-order valence-corrected chi connectivity index (χ0v) is 22.0. The van der Waals surface area contributed by atoms with E-state index in [9.17, 15) is 9.59 Å². The van der Waals surface area contributed by atoms with Gasteiger partial charge in [0.15, 0.2) is 0 Å². The third kappa shape index (κ3) is 4.33. The molecule has 0 saturated carbocycles. The first-order valence-electron chi connectivity index (χ1n) is 10.4. The number of hydrogen-bond acceptors (Lipinski definition) is 4. The molecule has 0 N–H and O–H groups in total. The number of anilines is 1. The number of ketones is 1.